The zero-order valence-electron chi connectivity index (χ0n) is 12.5. The molecule has 0 aromatic carbocycles. The summed E-state index contributed by atoms with van der Waals surface area (Å²) >= 11 is 0. The van der Waals surface area contributed by atoms with Crippen molar-refractivity contribution in [3.05, 3.63) is 29.8 Å². The molecule has 3 rings (SSSR count). The first-order chi connectivity index (χ1) is 10.1. The predicted octanol–water partition coefficient (Wildman–Crippen LogP) is 1.82. The molecule has 1 unspecified atom stereocenters. The normalized spacial score (nSPS) is 22.2. The number of aromatic nitrogens is 1. The second kappa shape index (κ2) is 6.20. The smallest absolute Gasteiger partial charge is 0.185 e. The number of halogens is 1. The van der Waals surface area contributed by atoms with Crippen molar-refractivity contribution in [3.63, 3.8) is 0 Å². The topological polar surface area (TPSA) is 36.4 Å². The zero-order chi connectivity index (χ0) is 14.8. The van der Waals surface area contributed by atoms with Crippen molar-refractivity contribution in [2.45, 2.75) is 25.8 Å². The summed E-state index contributed by atoms with van der Waals surface area (Å²) in [7, 11) is 0. The van der Waals surface area contributed by atoms with E-state index in [1.807, 2.05) is 6.92 Å². The molecule has 1 aromatic rings. The Bertz CT molecular complexity index is 493. The van der Waals surface area contributed by atoms with E-state index in [0.29, 0.717) is 5.69 Å². The molecule has 1 aliphatic carbocycles. The molecule has 114 valence electrons. The number of carbonyl (C=O) groups excluding carboxylic acids is 1. The van der Waals surface area contributed by atoms with Crippen LogP contribution in [0.5, 0.6) is 0 Å². The van der Waals surface area contributed by atoms with Crippen LogP contribution in [-0.4, -0.2) is 59.3 Å². The van der Waals surface area contributed by atoms with Crippen LogP contribution in [-0.2, 0) is 0 Å². The lowest BCUT2D eigenvalue weighted by atomic mass is 10.0. The SMILES string of the molecule is CC(CN1CCN(C2CC2)CC1)C(=O)c1ccc(F)cn1. The van der Waals surface area contributed by atoms with Gasteiger partial charge in [0.15, 0.2) is 5.78 Å². The van der Waals surface area contributed by atoms with Crippen LogP contribution in [0, 0.1) is 11.7 Å². The molecule has 1 aliphatic heterocycles. The van der Waals surface area contributed by atoms with Crippen LogP contribution < -0.4 is 0 Å². The lowest BCUT2D eigenvalue weighted by molar-refractivity contribution is 0.0820. The molecule has 2 heterocycles. The highest BCUT2D eigenvalue weighted by Crippen LogP contribution is 2.27. The molecule has 5 heteroatoms. The van der Waals surface area contributed by atoms with Crippen molar-refractivity contribution in [1.29, 1.82) is 0 Å². The number of piperazine rings is 1. The van der Waals surface area contributed by atoms with Crippen molar-refractivity contribution >= 4 is 5.78 Å². The van der Waals surface area contributed by atoms with Gasteiger partial charge < -0.3 is 4.90 Å². The van der Waals surface area contributed by atoms with Crippen molar-refractivity contribution in [2.75, 3.05) is 32.7 Å². The first-order valence-electron chi connectivity index (χ1n) is 7.75. The third kappa shape index (κ3) is 3.66. The van der Waals surface area contributed by atoms with E-state index in [1.165, 1.54) is 25.0 Å². The quantitative estimate of drug-likeness (QED) is 0.775. The van der Waals surface area contributed by atoms with E-state index in [4.69, 9.17) is 0 Å². The lowest BCUT2D eigenvalue weighted by Crippen LogP contribution is -2.48. The third-order valence-electron chi connectivity index (χ3n) is 4.43. The summed E-state index contributed by atoms with van der Waals surface area (Å²) in [5, 5.41) is 0. The number of carbonyl (C=O) groups is 1. The van der Waals surface area contributed by atoms with E-state index in [2.05, 4.69) is 14.8 Å². The molecule has 0 spiro atoms. The zero-order valence-corrected chi connectivity index (χ0v) is 12.5. The van der Waals surface area contributed by atoms with Gasteiger partial charge in [-0.1, -0.05) is 6.92 Å². The van der Waals surface area contributed by atoms with Gasteiger partial charge in [-0.3, -0.25) is 14.7 Å². The van der Waals surface area contributed by atoms with E-state index in [0.717, 1.165) is 45.0 Å². The Labute approximate surface area is 125 Å². The summed E-state index contributed by atoms with van der Waals surface area (Å²) in [6.07, 6.45) is 3.81. The van der Waals surface area contributed by atoms with Crippen molar-refractivity contribution in [3.8, 4) is 0 Å². The van der Waals surface area contributed by atoms with Gasteiger partial charge in [0.1, 0.15) is 11.5 Å². The van der Waals surface area contributed by atoms with Crippen molar-refractivity contribution in [2.24, 2.45) is 5.92 Å². The number of pyridine rings is 1. The van der Waals surface area contributed by atoms with Crippen LogP contribution >= 0.6 is 0 Å². The van der Waals surface area contributed by atoms with E-state index < -0.39 is 5.82 Å². The number of hydrogen-bond donors (Lipinski definition) is 0. The average molecular weight is 291 g/mol. The predicted molar refractivity (Wildman–Crippen MR) is 78.7 cm³/mol. The largest absolute Gasteiger partial charge is 0.300 e. The Kier molecular flexibility index (Phi) is 4.31. The minimum atomic E-state index is -0.407. The van der Waals surface area contributed by atoms with Gasteiger partial charge in [0, 0.05) is 44.7 Å². The van der Waals surface area contributed by atoms with Gasteiger partial charge in [-0.2, -0.15) is 0 Å². The number of ketones is 1. The highest BCUT2D eigenvalue weighted by Gasteiger charge is 2.31. The van der Waals surface area contributed by atoms with E-state index >= 15 is 0 Å². The van der Waals surface area contributed by atoms with Crippen molar-refractivity contribution < 1.29 is 9.18 Å². The Morgan fingerprint density at radius 1 is 1.33 bits per heavy atom. The monoisotopic (exact) mass is 291 g/mol. The highest BCUT2D eigenvalue weighted by atomic mass is 19.1. The first-order valence-corrected chi connectivity index (χ1v) is 7.75. The van der Waals surface area contributed by atoms with Crippen LogP contribution in [0.1, 0.15) is 30.3 Å². The molecule has 1 saturated carbocycles. The summed E-state index contributed by atoms with van der Waals surface area (Å²) < 4.78 is 12.8. The molecule has 0 radical (unpaired) electrons. The molecule has 1 saturated heterocycles. The maximum Gasteiger partial charge on any atom is 0.185 e. The summed E-state index contributed by atoms with van der Waals surface area (Å²) in [6, 6.07) is 3.59. The second-order valence-electron chi connectivity index (χ2n) is 6.19. The van der Waals surface area contributed by atoms with Crippen LogP contribution in [0.15, 0.2) is 18.3 Å². The Balaban J connectivity index is 1.50. The Hall–Kier alpha value is -1.33. The van der Waals surface area contributed by atoms with Gasteiger partial charge in [0.2, 0.25) is 0 Å². The van der Waals surface area contributed by atoms with Gasteiger partial charge in [0.05, 0.1) is 6.20 Å². The molecule has 4 nitrogen and oxygen atoms in total. The van der Waals surface area contributed by atoms with Gasteiger partial charge >= 0.3 is 0 Å². The fourth-order valence-corrected chi connectivity index (χ4v) is 2.99. The molecular formula is C16H22FN3O. The highest BCUT2D eigenvalue weighted by molar-refractivity contribution is 5.95. The number of hydrogen-bond acceptors (Lipinski definition) is 4. The summed E-state index contributed by atoms with van der Waals surface area (Å²) in [6.45, 7) is 6.98. The van der Waals surface area contributed by atoms with Crippen LogP contribution in [0.4, 0.5) is 4.39 Å². The minimum absolute atomic E-state index is 0.000350. The summed E-state index contributed by atoms with van der Waals surface area (Å²) in [4.78, 5) is 21.1. The van der Waals surface area contributed by atoms with Crippen LogP contribution in [0.3, 0.4) is 0 Å². The molecule has 0 N–H and O–H groups in total. The summed E-state index contributed by atoms with van der Waals surface area (Å²) in [5.41, 5.74) is 0.362. The molecule has 1 atom stereocenters. The number of nitrogens with zero attached hydrogens (tertiary/aromatic N) is 3. The third-order valence-corrected chi connectivity index (χ3v) is 4.43. The van der Waals surface area contributed by atoms with E-state index in [-0.39, 0.29) is 11.7 Å². The molecule has 2 aliphatic rings. The van der Waals surface area contributed by atoms with Crippen LogP contribution in [0.25, 0.3) is 0 Å². The fraction of sp³-hybridized carbons (Fsp3) is 0.625. The fourth-order valence-electron chi connectivity index (χ4n) is 2.99. The Morgan fingerprint density at radius 2 is 2.05 bits per heavy atom. The molecule has 0 bridgehead atoms. The number of rotatable bonds is 5. The second-order valence-corrected chi connectivity index (χ2v) is 6.19. The Morgan fingerprint density at radius 3 is 2.62 bits per heavy atom. The molecule has 2 fully saturated rings. The molecule has 1 aromatic heterocycles. The average Bonchev–Trinajstić information content (AvgIpc) is 3.33. The van der Waals surface area contributed by atoms with Gasteiger partial charge in [0.25, 0.3) is 0 Å². The maximum atomic E-state index is 12.8. The summed E-state index contributed by atoms with van der Waals surface area (Å²) in [5.74, 6) is -0.509. The minimum Gasteiger partial charge on any atom is -0.300 e. The lowest BCUT2D eigenvalue weighted by Gasteiger charge is -2.35. The number of Topliss-reactive ketones (excluding diaryl/α,β-unsaturated/α-hetero) is 1. The standard InChI is InChI=1S/C16H22FN3O/c1-12(16(21)15-5-2-13(17)10-18-15)11-19-6-8-20(9-7-19)14-3-4-14/h2,5,10,12,14H,3-4,6-9,11H2,1H3. The molecule has 21 heavy (non-hydrogen) atoms. The first kappa shape index (κ1) is 14.6. The maximum absolute atomic E-state index is 12.8. The van der Waals surface area contributed by atoms with Gasteiger partial charge in [-0.25, -0.2) is 4.39 Å². The van der Waals surface area contributed by atoms with Crippen LogP contribution in [0.2, 0.25) is 0 Å². The van der Waals surface area contributed by atoms with Gasteiger partial charge in [-0.05, 0) is 25.0 Å². The van der Waals surface area contributed by atoms with Gasteiger partial charge in [-0.15, -0.1) is 0 Å². The van der Waals surface area contributed by atoms with Crippen molar-refractivity contribution in [1.82, 2.24) is 14.8 Å². The van der Waals surface area contributed by atoms with E-state index in [1.54, 1.807) is 0 Å². The van der Waals surface area contributed by atoms with E-state index in [9.17, 15) is 9.18 Å². The molecule has 0 amide bonds. The molecular weight excluding hydrogens is 269 g/mol.